The molecule has 2 bridgehead atoms. The number of nitrogens with zero attached hydrogens (tertiary/aromatic N) is 6. The van der Waals surface area contributed by atoms with E-state index in [1.165, 1.54) is 6.21 Å². The zero-order valence-corrected chi connectivity index (χ0v) is 24.9. The van der Waals surface area contributed by atoms with Gasteiger partial charge in [0.05, 0.1) is 31.2 Å². The summed E-state index contributed by atoms with van der Waals surface area (Å²) in [5.74, 6) is -2.98. The fourth-order valence-corrected chi connectivity index (χ4v) is 7.79. The summed E-state index contributed by atoms with van der Waals surface area (Å²) >= 11 is 0. The van der Waals surface area contributed by atoms with E-state index in [2.05, 4.69) is 24.7 Å². The summed E-state index contributed by atoms with van der Waals surface area (Å²) in [6, 6.07) is 0. The first-order valence-electron chi connectivity index (χ1n) is 13.7. The summed E-state index contributed by atoms with van der Waals surface area (Å²) in [5.41, 5.74) is 5.63. The molecule has 0 aromatic carbocycles. The van der Waals surface area contributed by atoms with Crippen molar-refractivity contribution in [2.45, 2.75) is 49.5 Å². The molecule has 248 valence electrons. The number of carbonyl (C=O) groups is 1. The fourth-order valence-electron chi connectivity index (χ4n) is 5.87. The molecule has 0 amide bonds. The van der Waals surface area contributed by atoms with E-state index < -0.39 is 98.4 Å². The molecule has 3 fully saturated rings. The van der Waals surface area contributed by atoms with Crippen LogP contribution in [0.15, 0.2) is 23.8 Å². The number of phosphoric ester groups is 1. The zero-order valence-electron chi connectivity index (χ0n) is 23.2. The van der Waals surface area contributed by atoms with Crippen LogP contribution >= 0.6 is 7.82 Å². The van der Waals surface area contributed by atoms with Crippen LogP contribution in [0.25, 0.3) is 11.2 Å². The second-order valence-electron chi connectivity index (χ2n) is 10.7. The molecule has 4 aliphatic heterocycles. The van der Waals surface area contributed by atoms with Crippen molar-refractivity contribution in [3.05, 3.63) is 30.2 Å². The molecule has 23 heteroatoms. The van der Waals surface area contributed by atoms with Gasteiger partial charge >= 0.3 is 18.1 Å². The van der Waals surface area contributed by atoms with Crippen molar-refractivity contribution in [1.82, 2.24) is 28.8 Å². The van der Waals surface area contributed by atoms with Gasteiger partial charge in [-0.15, -0.1) is 0 Å². The SMILES string of the molecule is Nc1ncnc2c1ncn2C1OC2CNS(=O)(=O)OC3C(CO)C(COP(=O)(O)OC2C1F)OC3n1cc(F)c2c1N=CCC2=O. The molecule has 0 radical (unpaired) electrons. The van der Waals surface area contributed by atoms with Crippen LogP contribution < -0.4 is 10.5 Å². The number of aliphatic hydroxyl groups is 1. The number of anilines is 1. The third kappa shape index (κ3) is 5.33. The lowest BCUT2D eigenvalue weighted by atomic mass is 9.99. The number of imidazole rings is 1. The Morgan fingerprint density at radius 1 is 1.15 bits per heavy atom. The van der Waals surface area contributed by atoms with Crippen LogP contribution in [0, 0.1) is 11.7 Å². The summed E-state index contributed by atoms with van der Waals surface area (Å²) < 4.78 is 102. The number of aliphatic imine (C=N–C) groups is 1. The minimum atomic E-state index is -5.14. The highest BCUT2D eigenvalue weighted by Crippen LogP contribution is 2.51. The predicted molar refractivity (Wildman–Crippen MR) is 147 cm³/mol. The Bertz CT molecular complexity index is 1890. The largest absolute Gasteiger partial charge is 0.472 e. The maximum atomic E-state index is 15.9. The van der Waals surface area contributed by atoms with Gasteiger partial charge in [-0.05, 0) is 0 Å². The van der Waals surface area contributed by atoms with Gasteiger partial charge in [0.25, 0.3) is 0 Å². The number of halogens is 2. The smallest absolute Gasteiger partial charge is 0.396 e. The lowest BCUT2D eigenvalue weighted by Gasteiger charge is -2.25. The average Bonchev–Trinajstić information content (AvgIpc) is 3.74. The van der Waals surface area contributed by atoms with Gasteiger partial charge < -0.3 is 29.8 Å². The van der Waals surface area contributed by atoms with Crippen LogP contribution in [0.3, 0.4) is 0 Å². The summed E-state index contributed by atoms with van der Waals surface area (Å²) in [6.07, 6.45) is -7.47. The Labute approximate surface area is 257 Å². The number of aliphatic hydroxyl groups excluding tert-OH is 1. The number of hydrogen-bond donors (Lipinski definition) is 4. The molecule has 7 heterocycles. The number of fused-ring (bicyclic) bond motifs is 5. The molecule has 0 aliphatic carbocycles. The molecular formula is C23H25F2N8O11PS. The summed E-state index contributed by atoms with van der Waals surface area (Å²) in [6.45, 7) is -2.32. The van der Waals surface area contributed by atoms with Crippen molar-refractivity contribution < 1.29 is 59.3 Å². The summed E-state index contributed by atoms with van der Waals surface area (Å²) in [4.78, 5) is 38.9. The van der Waals surface area contributed by atoms with E-state index >= 15 is 4.39 Å². The lowest BCUT2D eigenvalue weighted by Crippen LogP contribution is -2.43. The topological polar surface area (TPSA) is 254 Å². The second kappa shape index (κ2) is 11.4. The summed E-state index contributed by atoms with van der Waals surface area (Å²) in [5, 5.41) is 10.2. The number of hydrogen-bond acceptors (Lipinski definition) is 15. The molecule has 3 aromatic heterocycles. The van der Waals surface area contributed by atoms with Crippen molar-refractivity contribution in [3.63, 3.8) is 0 Å². The summed E-state index contributed by atoms with van der Waals surface area (Å²) in [7, 11) is -9.94. The van der Waals surface area contributed by atoms with Gasteiger partial charge in [-0.2, -0.15) is 13.1 Å². The molecule has 5 N–H and O–H groups in total. The minimum Gasteiger partial charge on any atom is -0.396 e. The first-order valence-corrected chi connectivity index (χ1v) is 16.6. The Hall–Kier alpha value is -3.31. The minimum absolute atomic E-state index is 0.00738. The molecular weight excluding hydrogens is 665 g/mol. The first-order chi connectivity index (χ1) is 21.9. The van der Waals surface area contributed by atoms with Crippen LogP contribution in [0.1, 0.15) is 29.2 Å². The molecule has 3 saturated heterocycles. The standard InChI is InChI=1S/C23H25F2N8O11PS/c24-10-4-32(20-14(10)11(35)1-2-27-20)23-17-9(5-34)13(42-23)6-40-45(36,37)43-18-12(3-31-46(38,39)44-17)41-22(15(18)25)33-8-30-16-19(26)28-7-29-21(16)33/h2,4,7-9,12-13,15,17-18,22-23,31,34H,1,3,5-6H2,(H,36,37)(H2,26,28,29). The number of nitrogens with one attached hydrogen (secondary N) is 1. The van der Waals surface area contributed by atoms with Crippen molar-refractivity contribution in [2.24, 2.45) is 10.9 Å². The maximum Gasteiger partial charge on any atom is 0.472 e. The lowest BCUT2D eigenvalue weighted by molar-refractivity contribution is -0.0516. The number of ether oxygens (including phenoxy) is 2. The molecule has 7 rings (SSSR count). The Kier molecular flexibility index (Phi) is 7.78. The Morgan fingerprint density at radius 2 is 1.93 bits per heavy atom. The van der Waals surface area contributed by atoms with Gasteiger partial charge in [-0.3, -0.25) is 18.4 Å². The number of phosphoric acid groups is 1. The Morgan fingerprint density at radius 3 is 2.72 bits per heavy atom. The van der Waals surface area contributed by atoms with Crippen LogP contribution in [0.2, 0.25) is 0 Å². The number of aromatic nitrogens is 5. The number of carbonyl (C=O) groups excluding carboxylic acids is 1. The monoisotopic (exact) mass is 690 g/mol. The maximum absolute atomic E-state index is 15.9. The van der Waals surface area contributed by atoms with Crippen LogP contribution in [0.5, 0.6) is 0 Å². The van der Waals surface area contributed by atoms with E-state index in [9.17, 15) is 32.2 Å². The highest BCUT2D eigenvalue weighted by atomic mass is 32.2. The average molecular weight is 691 g/mol. The fraction of sp³-hybridized carbons (Fsp3) is 0.522. The van der Waals surface area contributed by atoms with Crippen molar-refractivity contribution >= 4 is 52.9 Å². The number of nitrogens with two attached hydrogens (primary N) is 1. The van der Waals surface area contributed by atoms with Crippen LogP contribution in [-0.4, -0.2) is 105 Å². The molecule has 46 heavy (non-hydrogen) atoms. The van der Waals surface area contributed by atoms with Crippen molar-refractivity contribution in [1.29, 1.82) is 0 Å². The van der Waals surface area contributed by atoms with Crippen molar-refractivity contribution in [3.8, 4) is 0 Å². The van der Waals surface area contributed by atoms with Crippen molar-refractivity contribution in [2.75, 3.05) is 25.5 Å². The molecule has 9 unspecified atom stereocenters. The highest BCUT2D eigenvalue weighted by Gasteiger charge is 2.54. The Balaban J connectivity index is 1.22. The molecule has 9 atom stereocenters. The van der Waals surface area contributed by atoms with Gasteiger partial charge in [0.2, 0.25) is 0 Å². The number of nitrogen functional groups attached to an aromatic ring is 1. The molecule has 0 saturated carbocycles. The molecule has 4 aliphatic rings. The van der Waals surface area contributed by atoms with E-state index in [0.717, 1.165) is 28.0 Å². The van der Waals surface area contributed by atoms with E-state index in [0.29, 0.717) is 0 Å². The van der Waals surface area contributed by atoms with Gasteiger partial charge in [-0.25, -0.2) is 37.5 Å². The number of ketones is 1. The normalized spacial score (nSPS) is 36.1. The van der Waals surface area contributed by atoms with E-state index in [4.69, 9.17) is 28.4 Å². The highest BCUT2D eigenvalue weighted by molar-refractivity contribution is 7.84. The third-order valence-corrected chi connectivity index (χ3v) is 9.97. The van der Waals surface area contributed by atoms with Crippen LogP contribution in [0.4, 0.5) is 20.4 Å². The number of rotatable bonds is 3. The predicted octanol–water partition coefficient (Wildman–Crippen LogP) is -0.185. The molecule has 19 nitrogen and oxygen atoms in total. The molecule has 3 aromatic rings. The number of Topliss-reactive ketones (excluding diaryl/α,β-unsaturated/α-hetero) is 1. The van der Waals surface area contributed by atoms with E-state index in [1.54, 1.807) is 0 Å². The first kappa shape index (κ1) is 31.3. The van der Waals surface area contributed by atoms with E-state index in [-0.39, 0.29) is 34.8 Å². The van der Waals surface area contributed by atoms with E-state index in [1.807, 2.05) is 0 Å². The van der Waals surface area contributed by atoms with Gasteiger partial charge in [0.15, 0.2) is 41.7 Å². The van der Waals surface area contributed by atoms with Gasteiger partial charge in [0.1, 0.15) is 36.0 Å². The van der Waals surface area contributed by atoms with Gasteiger partial charge in [-0.1, -0.05) is 0 Å². The quantitative estimate of drug-likeness (QED) is 0.260. The third-order valence-electron chi connectivity index (χ3n) is 7.99. The number of alkyl halides is 1. The van der Waals surface area contributed by atoms with Crippen LogP contribution in [-0.2, 0) is 37.6 Å². The zero-order chi connectivity index (χ0) is 32.5. The second-order valence-corrected chi connectivity index (χ2v) is 13.5. The molecule has 0 spiro atoms. The van der Waals surface area contributed by atoms with Gasteiger partial charge in [0, 0.05) is 31.3 Å².